The predicted octanol–water partition coefficient (Wildman–Crippen LogP) is 2.25. The number of thiophene rings is 1. The molecule has 3 nitrogen and oxygen atoms in total. The third kappa shape index (κ3) is 2.82. The van der Waals surface area contributed by atoms with Gasteiger partial charge in [-0.1, -0.05) is 6.08 Å². The highest BCUT2D eigenvalue weighted by Crippen LogP contribution is 2.30. The van der Waals surface area contributed by atoms with E-state index < -0.39 is 0 Å². The number of aliphatic hydroxyl groups excluding tert-OH is 1. The van der Waals surface area contributed by atoms with Crippen molar-refractivity contribution in [3.8, 4) is 0 Å². The summed E-state index contributed by atoms with van der Waals surface area (Å²) in [4.78, 5) is 16.1. The summed E-state index contributed by atoms with van der Waals surface area (Å²) in [6.45, 7) is 4.50. The van der Waals surface area contributed by atoms with Crippen molar-refractivity contribution in [2.45, 2.75) is 25.7 Å². The van der Waals surface area contributed by atoms with E-state index in [1.807, 2.05) is 6.07 Å². The molecule has 0 saturated carbocycles. The molecule has 0 saturated heterocycles. The lowest BCUT2D eigenvalue weighted by Gasteiger charge is -2.18. The Balaban J connectivity index is 2.15. The number of aryl methyl sites for hydroxylation is 2. The minimum Gasteiger partial charge on any atom is -0.395 e. The van der Waals surface area contributed by atoms with E-state index in [1.165, 1.54) is 23.3 Å². The van der Waals surface area contributed by atoms with Crippen molar-refractivity contribution >= 4 is 17.2 Å². The second-order valence-electron chi connectivity index (χ2n) is 4.53. The van der Waals surface area contributed by atoms with Crippen LogP contribution in [0.15, 0.2) is 18.7 Å². The Bertz CT molecular complexity index is 416. The van der Waals surface area contributed by atoms with Gasteiger partial charge in [-0.15, -0.1) is 17.9 Å². The van der Waals surface area contributed by atoms with Gasteiger partial charge in [-0.05, 0) is 37.3 Å². The zero-order valence-electron chi connectivity index (χ0n) is 10.5. The summed E-state index contributed by atoms with van der Waals surface area (Å²) >= 11 is 1.62. The van der Waals surface area contributed by atoms with Gasteiger partial charge in [0.25, 0.3) is 5.91 Å². The van der Waals surface area contributed by atoms with Gasteiger partial charge in [0.2, 0.25) is 0 Å². The average Bonchev–Trinajstić information content (AvgIpc) is 2.81. The third-order valence-corrected chi connectivity index (χ3v) is 4.44. The van der Waals surface area contributed by atoms with Gasteiger partial charge in [-0.2, -0.15) is 0 Å². The van der Waals surface area contributed by atoms with Gasteiger partial charge < -0.3 is 10.0 Å². The molecule has 18 heavy (non-hydrogen) atoms. The molecule has 0 bridgehead atoms. The number of rotatable bonds is 5. The summed E-state index contributed by atoms with van der Waals surface area (Å²) in [6.07, 6.45) is 6.36. The SMILES string of the molecule is C=CCN(CCO)C(=O)c1cc2c(s1)CCCC2. The lowest BCUT2D eigenvalue weighted by molar-refractivity contribution is 0.0747. The Morgan fingerprint density at radius 2 is 2.28 bits per heavy atom. The number of amides is 1. The molecule has 0 atom stereocenters. The normalized spacial score (nSPS) is 14.1. The maximum Gasteiger partial charge on any atom is 0.264 e. The zero-order valence-corrected chi connectivity index (χ0v) is 11.3. The number of hydrogen-bond donors (Lipinski definition) is 1. The third-order valence-electron chi connectivity index (χ3n) is 3.21. The molecule has 1 heterocycles. The predicted molar refractivity (Wildman–Crippen MR) is 74.1 cm³/mol. The minimum atomic E-state index is -0.00926. The largest absolute Gasteiger partial charge is 0.395 e. The van der Waals surface area contributed by atoms with Crippen LogP contribution in [0.5, 0.6) is 0 Å². The van der Waals surface area contributed by atoms with E-state index >= 15 is 0 Å². The van der Waals surface area contributed by atoms with Crippen LogP contribution >= 0.6 is 11.3 Å². The fourth-order valence-electron chi connectivity index (χ4n) is 2.30. The van der Waals surface area contributed by atoms with Crippen LogP contribution in [0.25, 0.3) is 0 Å². The first kappa shape index (κ1) is 13.3. The van der Waals surface area contributed by atoms with Gasteiger partial charge in [0.1, 0.15) is 0 Å². The Labute approximate surface area is 112 Å². The number of carbonyl (C=O) groups excluding carboxylic acids is 1. The molecular formula is C14H19NO2S. The fraction of sp³-hybridized carbons (Fsp3) is 0.500. The lowest BCUT2D eigenvalue weighted by atomic mass is 9.99. The van der Waals surface area contributed by atoms with Crippen molar-refractivity contribution < 1.29 is 9.90 Å². The molecule has 1 amide bonds. The summed E-state index contributed by atoms with van der Waals surface area (Å²) in [5.41, 5.74) is 1.34. The molecule has 0 aromatic carbocycles. The Hall–Kier alpha value is -1.13. The molecule has 1 aliphatic carbocycles. The van der Waals surface area contributed by atoms with Crippen molar-refractivity contribution in [1.82, 2.24) is 4.90 Å². The summed E-state index contributed by atoms with van der Waals surface area (Å²) in [5, 5.41) is 9.00. The molecular weight excluding hydrogens is 246 g/mol. The van der Waals surface area contributed by atoms with Crippen molar-refractivity contribution in [2.75, 3.05) is 19.7 Å². The van der Waals surface area contributed by atoms with Gasteiger partial charge in [-0.25, -0.2) is 0 Å². The number of hydrogen-bond acceptors (Lipinski definition) is 3. The molecule has 2 rings (SSSR count). The van der Waals surface area contributed by atoms with Gasteiger partial charge in [0.05, 0.1) is 11.5 Å². The molecule has 1 N–H and O–H groups in total. The maximum atomic E-state index is 12.3. The fourth-order valence-corrected chi connectivity index (χ4v) is 3.53. The second kappa shape index (κ2) is 6.16. The average molecular weight is 265 g/mol. The lowest BCUT2D eigenvalue weighted by Crippen LogP contribution is -2.33. The molecule has 0 spiro atoms. The number of fused-ring (bicyclic) bond motifs is 1. The van der Waals surface area contributed by atoms with Crippen LogP contribution in [0.4, 0.5) is 0 Å². The van der Waals surface area contributed by atoms with Crippen LogP contribution in [0, 0.1) is 0 Å². The summed E-state index contributed by atoms with van der Waals surface area (Å²) < 4.78 is 0. The topological polar surface area (TPSA) is 40.5 Å². The zero-order chi connectivity index (χ0) is 13.0. The highest BCUT2D eigenvalue weighted by Gasteiger charge is 2.20. The summed E-state index contributed by atoms with van der Waals surface area (Å²) in [5.74, 6) is 0.0170. The molecule has 0 aliphatic heterocycles. The standard InChI is InChI=1S/C14H19NO2S/c1-2-7-15(8-9-16)14(17)13-10-11-5-3-4-6-12(11)18-13/h2,10,16H,1,3-9H2. The van der Waals surface area contributed by atoms with E-state index in [0.29, 0.717) is 13.1 Å². The van der Waals surface area contributed by atoms with E-state index in [9.17, 15) is 4.79 Å². The van der Waals surface area contributed by atoms with Crippen LogP contribution in [0.3, 0.4) is 0 Å². The highest BCUT2D eigenvalue weighted by atomic mass is 32.1. The smallest absolute Gasteiger partial charge is 0.264 e. The second-order valence-corrected chi connectivity index (χ2v) is 5.67. The Morgan fingerprint density at radius 3 is 2.94 bits per heavy atom. The van der Waals surface area contributed by atoms with Crippen LogP contribution in [0.1, 0.15) is 33.0 Å². The van der Waals surface area contributed by atoms with Crippen LogP contribution < -0.4 is 0 Å². The maximum absolute atomic E-state index is 12.3. The molecule has 0 radical (unpaired) electrons. The molecule has 1 aliphatic rings. The summed E-state index contributed by atoms with van der Waals surface area (Å²) in [7, 11) is 0. The molecule has 4 heteroatoms. The van der Waals surface area contributed by atoms with Gasteiger partial charge in [0.15, 0.2) is 0 Å². The van der Waals surface area contributed by atoms with Crippen molar-refractivity contribution in [2.24, 2.45) is 0 Å². The first-order valence-electron chi connectivity index (χ1n) is 6.39. The van der Waals surface area contributed by atoms with Gasteiger partial charge in [0, 0.05) is 18.0 Å². The van der Waals surface area contributed by atoms with Gasteiger partial charge >= 0.3 is 0 Å². The van der Waals surface area contributed by atoms with Crippen molar-refractivity contribution in [1.29, 1.82) is 0 Å². The van der Waals surface area contributed by atoms with Crippen LogP contribution in [0.2, 0.25) is 0 Å². The molecule has 0 fully saturated rings. The van der Waals surface area contributed by atoms with Crippen LogP contribution in [-0.2, 0) is 12.8 Å². The quantitative estimate of drug-likeness (QED) is 0.830. The number of nitrogens with zero attached hydrogens (tertiary/aromatic N) is 1. The van der Waals surface area contributed by atoms with Crippen LogP contribution in [-0.4, -0.2) is 35.6 Å². The molecule has 1 aromatic rings. The first-order chi connectivity index (χ1) is 8.76. The van der Waals surface area contributed by atoms with E-state index in [4.69, 9.17) is 5.11 Å². The molecule has 1 aromatic heterocycles. The molecule has 0 unspecified atom stereocenters. The Kier molecular flexibility index (Phi) is 4.55. The van der Waals surface area contributed by atoms with Crippen molar-refractivity contribution in [3.63, 3.8) is 0 Å². The summed E-state index contributed by atoms with van der Waals surface area (Å²) in [6, 6.07) is 2.04. The van der Waals surface area contributed by atoms with E-state index in [0.717, 1.165) is 17.7 Å². The monoisotopic (exact) mass is 265 g/mol. The number of carbonyl (C=O) groups is 1. The van der Waals surface area contributed by atoms with E-state index in [2.05, 4.69) is 6.58 Å². The van der Waals surface area contributed by atoms with E-state index in [1.54, 1.807) is 22.3 Å². The first-order valence-corrected chi connectivity index (χ1v) is 7.20. The Morgan fingerprint density at radius 1 is 1.50 bits per heavy atom. The highest BCUT2D eigenvalue weighted by molar-refractivity contribution is 7.14. The van der Waals surface area contributed by atoms with Crippen molar-refractivity contribution in [3.05, 3.63) is 34.0 Å². The van der Waals surface area contributed by atoms with E-state index in [-0.39, 0.29) is 12.5 Å². The number of aliphatic hydroxyl groups is 1. The molecule has 98 valence electrons. The van der Waals surface area contributed by atoms with Gasteiger partial charge in [-0.3, -0.25) is 4.79 Å². The minimum absolute atomic E-state index is 0.00926.